The Morgan fingerprint density at radius 2 is 1.90 bits per heavy atom. The molecule has 12 heteroatoms. The standard InChI is InChI=1S/C19H20F3N3O3S3/c20-19(21,22)31(27,28)24-13-2-1-3-14(10-13)29-17-5-4-16(30-17)18(26)23-15-11-25-8-6-12(15)7-9-25/h1-5,10,12,15,24H,6-9,11H2,(H,23,26)/t15-/m0/s1. The number of hydrogen-bond acceptors (Lipinski definition) is 6. The average molecular weight is 492 g/mol. The molecule has 0 aliphatic carbocycles. The molecule has 6 nitrogen and oxygen atoms in total. The smallest absolute Gasteiger partial charge is 0.347 e. The predicted molar refractivity (Wildman–Crippen MR) is 114 cm³/mol. The van der Waals surface area contributed by atoms with Gasteiger partial charge in [0.05, 0.1) is 9.09 Å². The van der Waals surface area contributed by atoms with Crippen molar-refractivity contribution < 1.29 is 26.4 Å². The number of sulfonamides is 1. The molecule has 3 aliphatic heterocycles. The minimum atomic E-state index is -5.48. The van der Waals surface area contributed by atoms with Gasteiger partial charge in [-0.15, -0.1) is 11.3 Å². The number of thiophene rings is 1. The van der Waals surface area contributed by atoms with Crippen LogP contribution in [0.25, 0.3) is 0 Å². The molecule has 1 aromatic heterocycles. The van der Waals surface area contributed by atoms with Crippen LogP contribution in [0, 0.1) is 5.92 Å². The number of halogens is 3. The second kappa shape index (κ2) is 8.64. The van der Waals surface area contributed by atoms with Gasteiger partial charge in [0.25, 0.3) is 5.91 Å². The van der Waals surface area contributed by atoms with Gasteiger partial charge in [-0.05, 0) is 62.2 Å². The maximum absolute atomic E-state index is 12.6. The van der Waals surface area contributed by atoms with E-state index in [0.29, 0.717) is 15.7 Å². The Balaban J connectivity index is 1.39. The first-order valence-electron chi connectivity index (χ1n) is 9.61. The van der Waals surface area contributed by atoms with Gasteiger partial charge in [0.1, 0.15) is 0 Å². The number of alkyl halides is 3. The van der Waals surface area contributed by atoms with E-state index < -0.39 is 15.5 Å². The second-order valence-electron chi connectivity index (χ2n) is 7.52. The van der Waals surface area contributed by atoms with Crippen LogP contribution in [0.1, 0.15) is 22.5 Å². The van der Waals surface area contributed by atoms with E-state index in [0.717, 1.165) is 36.7 Å². The predicted octanol–water partition coefficient (Wildman–Crippen LogP) is 3.98. The van der Waals surface area contributed by atoms with Crippen LogP contribution in [-0.2, 0) is 10.0 Å². The topological polar surface area (TPSA) is 78.5 Å². The van der Waals surface area contributed by atoms with Crippen molar-refractivity contribution in [1.82, 2.24) is 10.2 Å². The number of carbonyl (C=O) groups is 1. The van der Waals surface area contributed by atoms with Crippen LogP contribution in [0.5, 0.6) is 0 Å². The Morgan fingerprint density at radius 1 is 1.16 bits per heavy atom. The number of hydrogen-bond donors (Lipinski definition) is 2. The van der Waals surface area contributed by atoms with Crippen LogP contribution in [0.15, 0.2) is 45.5 Å². The van der Waals surface area contributed by atoms with Crippen molar-refractivity contribution in [3.8, 4) is 0 Å². The number of fused-ring (bicyclic) bond motifs is 3. The molecule has 2 N–H and O–H groups in total. The molecule has 4 heterocycles. The summed E-state index contributed by atoms with van der Waals surface area (Å²) in [6.07, 6.45) is 2.20. The van der Waals surface area contributed by atoms with Gasteiger partial charge in [0.2, 0.25) is 0 Å². The zero-order chi connectivity index (χ0) is 22.2. The summed E-state index contributed by atoms with van der Waals surface area (Å²) in [7, 11) is -5.48. The third-order valence-electron chi connectivity index (χ3n) is 5.39. The molecular formula is C19H20F3N3O3S3. The van der Waals surface area contributed by atoms with Crippen LogP contribution < -0.4 is 10.0 Å². The highest BCUT2D eigenvalue weighted by Crippen LogP contribution is 2.35. The molecule has 168 valence electrons. The van der Waals surface area contributed by atoms with E-state index in [4.69, 9.17) is 0 Å². The number of benzene rings is 1. The van der Waals surface area contributed by atoms with Gasteiger partial charge in [0.15, 0.2) is 0 Å². The van der Waals surface area contributed by atoms with Crippen LogP contribution in [0.4, 0.5) is 18.9 Å². The van der Waals surface area contributed by atoms with Crippen molar-refractivity contribution in [3.05, 3.63) is 41.3 Å². The van der Waals surface area contributed by atoms with Crippen molar-refractivity contribution in [2.45, 2.75) is 33.5 Å². The van der Waals surface area contributed by atoms with Crippen LogP contribution in [0.3, 0.4) is 0 Å². The summed E-state index contributed by atoms with van der Waals surface area (Å²) in [6.45, 7) is 3.06. The molecule has 1 atom stereocenters. The Hall–Kier alpha value is -1.76. The second-order valence-corrected chi connectivity index (χ2v) is 11.6. The highest BCUT2D eigenvalue weighted by Gasteiger charge is 2.46. The first-order chi connectivity index (χ1) is 14.6. The van der Waals surface area contributed by atoms with Crippen molar-refractivity contribution in [2.75, 3.05) is 24.4 Å². The summed E-state index contributed by atoms with van der Waals surface area (Å²) >= 11 is 2.53. The SMILES string of the molecule is O=C(N[C@H]1CN2CCC1CC2)c1ccc(Sc2cccc(NS(=O)(=O)C(F)(F)F)c2)s1. The van der Waals surface area contributed by atoms with E-state index in [9.17, 15) is 26.4 Å². The number of carbonyl (C=O) groups excluding carboxylic acids is 1. The maximum Gasteiger partial charge on any atom is 0.516 e. The number of rotatable bonds is 6. The van der Waals surface area contributed by atoms with Crippen molar-refractivity contribution in [2.24, 2.45) is 5.92 Å². The Labute approximate surface area is 186 Å². The average Bonchev–Trinajstić information content (AvgIpc) is 3.16. The summed E-state index contributed by atoms with van der Waals surface area (Å²) in [6, 6.07) is 9.34. The largest absolute Gasteiger partial charge is 0.516 e. The van der Waals surface area contributed by atoms with Gasteiger partial charge < -0.3 is 10.2 Å². The van der Waals surface area contributed by atoms with Gasteiger partial charge in [-0.2, -0.15) is 21.6 Å². The fourth-order valence-corrected chi connectivity index (χ4v) is 6.44. The fraction of sp³-hybridized carbons (Fsp3) is 0.421. The van der Waals surface area contributed by atoms with Crippen molar-refractivity contribution >= 4 is 44.7 Å². The summed E-state index contributed by atoms with van der Waals surface area (Å²) in [5.74, 6) is 0.397. The third-order valence-corrected chi connectivity index (χ3v) is 8.71. The van der Waals surface area contributed by atoms with Crippen LogP contribution >= 0.6 is 23.1 Å². The Morgan fingerprint density at radius 3 is 2.55 bits per heavy atom. The van der Waals surface area contributed by atoms with Gasteiger partial charge in [-0.25, -0.2) is 0 Å². The summed E-state index contributed by atoms with van der Waals surface area (Å²) in [4.78, 5) is 16.1. The molecule has 2 bridgehead atoms. The highest BCUT2D eigenvalue weighted by atomic mass is 32.2. The summed E-state index contributed by atoms with van der Waals surface area (Å²) < 4.78 is 62.6. The quantitative estimate of drug-likeness (QED) is 0.639. The zero-order valence-electron chi connectivity index (χ0n) is 16.2. The molecule has 5 rings (SSSR count). The monoisotopic (exact) mass is 491 g/mol. The number of nitrogens with one attached hydrogen (secondary N) is 2. The molecular weight excluding hydrogens is 471 g/mol. The van der Waals surface area contributed by atoms with E-state index in [1.165, 1.54) is 46.0 Å². The maximum atomic E-state index is 12.6. The van der Waals surface area contributed by atoms with Crippen LogP contribution in [-0.4, -0.2) is 50.4 Å². The first kappa shape index (κ1) is 22.4. The molecule has 0 unspecified atom stereocenters. The molecule has 0 radical (unpaired) electrons. The normalized spacial score (nSPS) is 23.5. The summed E-state index contributed by atoms with van der Waals surface area (Å²) in [5.41, 5.74) is -5.57. The fourth-order valence-electron chi connectivity index (χ4n) is 3.82. The minimum Gasteiger partial charge on any atom is -0.347 e. The molecule has 31 heavy (non-hydrogen) atoms. The lowest BCUT2D eigenvalue weighted by Gasteiger charge is -2.44. The van der Waals surface area contributed by atoms with E-state index in [1.807, 2.05) is 0 Å². The number of anilines is 1. The number of amides is 1. The molecule has 3 saturated heterocycles. The molecule has 0 spiro atoms. The van der Waals surface area contributed by atoms with Gasteiger partial charge >= 0.3 is 15.5 Å². The van der Waals surface area contributed by atoms with E-state index in [-0.39, 0.29) is 17.6 Å². The molecule has 1 amide bonds. The van der Waals surface area contributed by atoms with Gasteiger partial charge in [0, 0.05) is 23.2 Å². The number of nitrogens with zero attached hydrogens (tertiary/aromatic N) is 1. The van der Waals surface area contributed by atoms with Gasteiger partial charge in [-0.1, -0.05) is 17.8 Å². The summed E-state index contributed by atoms with van der Waals surface area (Å²) in [5, 5.41) is 3.13. The van der Waals surface area contributed by atoms with Crippen molar-refractivity contribution in [1.29, 1.82) is 0 Å². The molecule has 2 aromatic rings. The lowest BCUT2D eigenvalue weighted by molar-refractivity contribution is -0.0429. The van der Waals surface area contributed by atoms with Crippen LogP contribution in [0.2, 0.25) is 0 Å². The highest BCUT2D eigenvalue weighted by molar-refractivity contribution is 8.01. The van der Waals surface area contributed by atoms with Crippen molar-refractivity contribution in [3.63, 3.8) is 0 Å². The molecule has 1 aromatic carbocycles. The lowest BCUT2D eigenvalue weighted by atomic mass is 9.84. The number of piperidine rings is 3. The molecule has 3 aliphatic rings. The van der Waals surface area contributed by atoms with Gasteiger partial charge in [-0.3, -0.25) is 9.52 Å². The zero-order valence-corrected chi connectivity index (χ0v) is 18.6. The first-order valence-corrected chi connectivity index (χ1v) is 12.7. The van der Waals surface area contributed by atoms with E-state index in [1.54, 1.807) is 18.2 Å². The minimum absolute atomic E-state index is 0.123. The Kier molecular flexibility index (Phi) is 6.25. The molecule has 0 saturated carbocycles. The molecule has 3 fully saturated rings. The Bertz CT molecular complexity index is 1060. The third kappa shape index (κ3) is 5.18. The van der Waals surface area contributed by atoms with E-state index in [2.05, 4.69) is 10.2 Å². The van der Waals surface area contributed by atoms with E-state index >= 15 is 0 Å². The lowest BCUT2D eigenvalue weighted by Crippen LogP contribution is -2.57.